The molecule has 0 N–H and O–H groups in total. The molecule has 1 aromatic heterocycles. The normalized spacial score (nSPS) is 12.1. The predicted molar refractivity (Wildman–Crippen MR) is 155 cm³/mol. The average molecular weight is 614 g/mol. The van der Waals surface area contributed by atoms with Gasteiger partial charge in [0.05, 0.1) is 33.7 Å². The number of ether oxygens (including phenoxy) is 2. The summed E-state index contributed by atoms with van der Waals surface area (Å²) >= 11 is 9.99. The minimum atomic E-state index is -0.460. The number of rotatable bonds is 10. The van der Waals surface area contributed by atoms with Gasteiger partial charge in [-0.3, -0.25) is 14.9 Å². The Balaban J connectivity index is 1.69. The molecular weight excluding hydrogens is 588 g/mol. The number of nitro groups is 1. The molecule has 11 heteroatoms. The van der Waals surface area contributed by atoms with Crippen LogP contribution in [-0.4, -0.2) is 27.4 Å². The summed E-state index contributed by atoms with van der Waals surface area (Å²) in [6.45, 7) is 6.26. The van der Waals surface area contributed by atoms with Crippen molar-refractivity contribution >= 4 is 50.3 Å². The van der Waals surface area contributed by atoms with Crippen molar-refractivity contribution in [1.82, 2.24) is 9.66 Å². The SMILES string of the molecule is CCOc1cc(C=Nn2c([C@@H](C)CC)nc3ccc(Br)cc3c2=O)cc(Cl)c1OCc1cccc([N+](=O)[O-])c1. The van der Waals surface area contributed by atoms with Crippen LogP contribution in [0.1, 0.15) is 50.1 Å². The summed E-state index contributed by atoms with van der Waals surface area (Å²) in [5.74, 6) is 1.24. The van der Waals surface area contributed by atoms with Gasteiger partial charge >= 0.3 is 0 Å². The molecule has 0 unspecified atom stereocenters. The fourth-order valence-corrected chi connectivity index (χ4v) is 4.52. The minimum absolute atomic E-state index is 0.00458. The van der Waals surface area contributed by atoms with E-state index in [4.69, 9.17) is 26.1 Å². The minimum Gasteiger partial charge on any atom is -0.490 e. The number of hydrogen-bond acceptors (Lipinski definition) is 7. The van der Waals surface area contributed by atoms with E-state index in [-0.39, 0.29) is 28.8 Å². The van der Waals surface area contributed by atoms with Crippen molar-refractivity contribution in [2.45, 2.75) is 39.7 Å². The molecule has 0 amide bonds. The second kappa shape index (κ2) is 12.4. The molecule has 0 aliphatic rings. The van der Waals surface area contributed by atoms with Crippen LogP contribution < -0.4 is 15.0 Å². The van der Waals surface area contributed by atoms with E-state index >= 15 is 0 Å². The molecule has 39 heavy (non-hydrogen) atoms. The van der Waals surface area contributed by atoms with E-state index in [2.05, 4.69) is 21.0 Å². The Labute approximate surface area is 238 Å². The predicted octanol–water partition coefficient (Wildman–Crippen LogP) is 7.09. The molecule has 1 heterocycles. The Morgan fingerprint density at radius 2 is 1.97 bits per heavy atom. The van der Waals surface area contributed by atoms with Crippen molar-refractivity contribution < 1.29 is 14.4 Å². The van der Waals surface area contributed by atoms with Gasteiger partial charge in [-0.2, -0.15) is 9.78 Å². The molecule has 3 aromatic carbocycles. The van der Waals surface area contributed by atoms with Crippen LogP contribution in [0, 0.1) is 10.1 Å². The maximum absolute atomic E-state index is 13.4. The molecule has 4 aromatic rings. The highest BCUT2D eigenvalue weighted by molar-refractivity contribution is 9.10. The first-order chi connectivity index (χ1) is 18.7. The molecule has 4 rings (SSSR count). The molecule has 0 fully saturated rings. The van der Waals surface area contributed by atoms with Gasteiger partial charge in [0.15, 0.2) is 11.5 Å². The van der Waals surface area contributed by atoms with Crippen LogP contribution in [0.4, 0.5) is 5.69 Å². The van der Waals surface area contributed by atoms with Gasteiger partial charge in [0.2, 0.25) is 0 Å². The third kappa shape index (κ3) is 6.46. The summed E-state index contributed by atoms with van der Waals surface area (Å²) in [4.78, 5) is 28.7. The number of benzene rings is 3. The van der Waals surface area contributed by atoms with Gasteiger partial charge in [-0.1, -0.05) is 53.5 Å². The van der Waals surface area contributed by atoms with E-state index < -0.39 is 4.92 Å². The molecule has 0 saturated carbocycles. The zero-order valence-electron chi connectivity index (χ0n) is 21.6. The number of fused-ring (bicyclic) bond motifs is 1. The molecule has 0 aliphatic heterocycles. The number of hydrogen-bond donors (Lipinski definition) is 0. The first kappa shape index (κ1) is 28.3. The van der Waals surface area contributed by atoms with Gasteiger partial charge in [-0.15, -0.1) is 0 Å². The topological polar surface area (TPSA) is 109 Å². The first-order valence-corrected chi connectivity index (χ1v) is 13.5. The zero-order chi connectivity index (χ0) is 28.1. The smallest absolute Gasteiger partial charge is 0.282 e. The van der Waals surface area contributed by atoms with E-state index in [1.807, 2.05) is 26.8 Å². The number of nitro benzene ring substituents is 1. The van der Waals surface area contributed by atoms with E-state index in [0.717, 1.165) is 10.9 Å². The quantitative estimate of drug-likeness (QED) is 0.107. The lowest BCUT2D eigenvalue weighted by atomic mass is 10.1. The van der Waals surface area contributed by atoms with Gasteiger partial charge < -0.3 is 9.47 Å². The summed E-state index contributed by atoms with van der Waals surface area (Å²) in [7, 11) is 0. The van der Waals surface area contributed by atoms with Crippen molar-refractivity contribution in [3.05, 3.63) is 102 Å². The number of nitrogens with zero attached hydrogens (tertiary/aromatic N) is 4. The van der Waals surface area contributed by atoms with E-state index in [1.165, 1.54) is 23.0 Å². The van der Waals surface area contributed by atoms with Gasteiger partial charge in [0, 0.05) is 22.5 Å². The van der Waals surface area contributed by atoms with Gasteiger partial charge in [0.25, 0.3) is 11.2 Å². The summed E-state index contributed by atoms with van der Waals surface area (Å²) in [5.41, 5.74) is 1.50. The summed E-state index contributed by atoms with van der Waals surface area (Å²) in [6, 6.07) is 14.9. The van der Waals surface area contributed by atoms with Gasteiger partial charge in [0.1, 0.15) is 12.4 Å². The largest absolute Gasteiger partial charge is 0.490 e. The van der Waals surface area contributed by atoms with Crippen molar-refractivity contribution in [1.29, 1.82) is 0 Å². The van der Waals surface area contributed by atoms with Crippen LogP contribution >= 0.6 is 27.5 Å². The lowest BCUT2D eigenvalue weighted by molar-refractivity contribution is -0.384. The molecule has 0 saturated heterocycles. The highest BCUT2D eigenvalue weighted by Gasteiger charge is 2.17. The Hall–Kier alpha value is -3.76. The van der Waals surface area contributed by atoms with Crippen LogP contribution in [0.5, 0.6) is 11.5 Å². The third-order valence-corrected chi connectivity index (χ3v) is 6.82. The molecule has 0 bridgehead atoms. The van der Waals surface area contributed by atoms with Crippen LogP contribution in [0.25, 0.3) is 10.9 Å². The molecule has 1 atom stereocenters. The maximum Gasteiger partial charge on any atom is 0.282 e. The highest BCUT2D eigenvalue weighted by Crippen LogP contribution is 2.37. The lowest BCUT2D eigenvalue weighted by Crippen LogP contribution is -2.23. The highest BCUT2D eigenvalue weighted by atomic mass is 79.9. The van der Waals surface area contributed by atoms with Crippen LogP contribution in [0.15, 0.2) is 69.0 Å². The van der Waals surface area contributed by atoms with Crippen molar-refractivity contribution in [2.75, 3.05) is 6.61 Å². The second-order valence-electron chi connectivity index (χ2n) is 8.78. The van der Waals surface area contributed by atoms with Gasteiger partial charge in [-0.05, 0) is 54.8 Å². The van der Waals surface area contributed by atoms with Crippen LogP contribution in [0.2, 0.25) is 5.02 Å². The average Bonchev–Trinajstić information content (AvgIpc) is 2.92. The molecule has 0 radical (unpaired) electrons. The number of halogens is 2. The number of non-ortho nitro benzene ring substituents is 1. The second-order valence-corrected chi connectivity index (χ2v) is 10.1. The van der Waals surface area contributed by atoms with E-state index in [1.54, 1.807) is 36.4 Å². The summed E-state index contributed by atoms with van der Waals surface area (Å²) < 4.78 is 13.8. The van der Waals surface area contributed by atoms with Crippen molar-refractivity contribution in [2.24, 2.45) is 5.10 Å². The maximum atomic E-state index is 13.4. The third-order valence-electron chi connectivity index (χ3n) is 6.05. The number of aromatic nitrogens is 2. The molecule has 0 spiro atoms. The fraction of sp³-hybridized carbons (Fsp3) is 0.250. The molecule has 9 nitrogen and oxygen atoms in total. The molecule has 0 aliphatic carbocycles. The molecule has 202 valence electrons. The lowest BCUT2D eigenvalue weighted by Gasteiger charge is -2.15. The summed E-state index contributed by atoms with van der Waals surface area (Å²) in [5, 5.41) is 16.3. The zero-order valence-corrected chi connectivity index (χ0v) is 23.9. The first-order valence-electron chi connectivity index (χ1n) is 12.3. The standard InChI is InChI=1S/C28H26BrClN4O5/c1-4-17(3)27-32-24-10-9-20(29)14-22(24)28(35)33(27)31-15-19-12-23(30)26(25(13-19)38-5-2)39-16-18-7-6-8-21(11-18)34(36)37/h6-15,17H,4-5,16H2,1-3H3/t17-/m0/s1. The van der Waals surface area contributed by atoms with Gasteiger partial charge in [-0.25, -0.2) is 4.98 Å². The van der Waals surface area contributed by atoms with Crippen LogP contribution in [0.3, 0.4) is 0 Å². The van der Waals surface area contributed by atoms with Crippen molar-refractivity contribution in [3.63, 3.8) is 0 Å². The molecular formula is C28H26BrClN4O5. The Bertz CT molecular complexity index is 1620. The van der Waals surface area contributed by atoms with Crippen molar-refractivity contribution in [3.8, 4) is 11.5 Å². The monoisotopic (exact) mass is 612 g/mol. The Kier molecular flexibility index (Phi) is 8.98. The van der Waals surface area contributed by atoms with E-state index in [9.17, 15) is 14.9 Å². The fourth-order valence-electron chi connectivity index (χ4n) is 3.88. The summed E-state index contributed by atoms with van der Waals surface area (Å²) in [6.07, 6.45) is 2.30. The van der Waals surface area contributed by atoms with Crippen LogP contribution in [-0.2, 0) is 6.61 Å². The van der Waals surface area contributed by atoms with E-state index in [0.29, 0.717) is 46.0 Å². The Morgan fingerprint density at radius 3 is 2.69 bits per heavy atom. The Morgan fingerprint density at radius 1 is 1.18 bits per heavy atom.